The number of aromatic nitrogens is 1. The summed E-state index contributed by atoms with van der Waals surface area (Å²) in [6.45, 7) is 4.04. The first-order valence-electron chi connectivity index (χ1n) is 7.05. The highest BCUT2D eigenvalue weighted by Gasteiger charge is 2.14. The molecule has 0 amide bonds. The molecule has 1 aromatic heterocycles. The van der Waals surface area contributed by atoms with E-state index in [0.717, 1.165) is 5.57 Å². The van der Waals surface area contributed by atoms with Crippen LogP contribution in [0.5, 0.6) is 11.5 Å². The summed E-state index contributed by atoms with van der Waals surface area (Å²) in [6, 6.07) is 5.22. The van der Waals surface area contributed by atoms with Gasteiger partial charge < -0.3 is 19.1 Å². The maximum absolute atomic E-state index is 12.4. The van der Waals surface area contributed by atoms with Gasteiger partial charge in [-0.15, -0.1) is 0 Å². The zero-order chi connectivity index (χ0) is 16.3. The number of nitrogens with zero attached hydrogens (tertiary/aromatic N) is 1. The van der Waals surface area contributed by atoms with Gasteiger partial charge in [0.15, 0.2) is 6.79 Å². The van der Waals surface area contributed by atoms with Crippen molar-refractivity contribution in [2.75, 3.05) is 13.9 Å². The van der Waals surface area contributed by atoms with Crippen LogP contribution in [0.25, 0.3) is 10.9 Å². The second-order valence-electron chi connectivity index (χ2n) is 5.41. The van der Waals surface area contributed by atoms with Crippen molar-refractivity contribution in [3.05, 3.63) is 45.8 Å². The molecule has 0 spiro atoms. The minimum absolute atomic E-state index is 0.0125. The first-order valence-corrected chi connectivity index (χ1v) is 7.05. The Labute approximate surface area is 129 Å². The maximum atomic E-state index is 12.4. The van der Waals surface area contributed by atoms with E-state index in [1.165, 1.54) is 0 Å². The second kappa shape index (κ2) is 6.66. The molecule has 0 atom stereocenters. The summed E-state index contributed by atoms with van der Waals surface area (Å²) in [5, 5.41) is 11.1. The molecule has 1 heterocycles. The third-order valence-electron chi connectivity index (χ3n) is 3.49. The van der Waals surface area contributed by atoms with E-state index < -0.39 is 0 Å². The molecular weight excluding hydrogens is 282 g/mol. The summed E-state index contributed by atoms with van der Waals surface area (Å²) in [4.78, 5) is 12.4. The van der Waals surface area contributed by atoms with Crippen molar-refractivity contribution in [2.24, 2.45) is 7.05 Å². The van der Waals surface area contributed by atoms with Gasteiger partial charge in [0.25, 0.3) is 5.56 Å². The Balaban J connectivity index is 2.61. The van der Waals surface area contributed by atoms with Crippen LogP contribution in [-0.2, 0) is 18.2 Å². The van der Waals surface area contributed by atoms with Gasteiger partial charge >= 0.3 is 0 Å². The average molecular weight is 303 g/mol. The summed E-state index contributed by atoms with van der Waals surface area (Å²) in [5.41, 5.74) is 1.96. The lowest BCUT2D eigenvalue weighted by atomic mass is 10.1. The van der Waals surface area contributed by atoms with Crippen molar-refractivity contribution in [3.8, 4) is 11.5 Å². The molecule has 0 aliphatic heterocycles. The molecule has 2 rings (SSSR count). The Morgan fingerprint density at radius 3 is 2.73 bits per heavy atom. The molecule has 1 aromatic carbocycles. The van der Waals surface area contributed by atoms with E-state index in [9.17, 15) is 9.90 Å². The van der Waals surface area contributed by atoms with Crippen LogP contribution in [-0.4, -0.2) is 23.6 Å². The molecule has 0 saturated heterocycles. The molecular formula is C17H21NO4. The molecule has 0 bridgehead atoms. The van der Waals surface area contributed by atoms with Crippen LogP contribution < -0.4 is 10.3 Å². The number of benzene rings is 1. The Morgan fingerprint density at radius 2 is 2.09 bits per heavy atom. The molecule has 1 N–H and O–H groups in total. The van der Waals surface area contributed by atoms with Gasteiger partial charge in [0, 0.05) is 19.5 Å². The van der Waals surface area contributed by atoms with Crippen molar-refractivity contribution in [1.29, 1.82) is 0 Å². The highest BCUT2D eigenvalue weighted by Crippen LogP contribution is 2.30. The monoisotopic (exact) mass is 303 g/mol. The Kier molecular flexibility index (Phi) is 4.88. The smallest absolute Gasteiger partial charge is 0.258 e. The van der Waals surface area contributed by atoms with Crippen LogP contribution in [0.4, 0.5) is 0 Å². The number of aromatic hydroxyl groups is 1. The van der Waals surface area contributed by atoms with Crippen molar-refractivity contribution in [2.45, 2.75) is 20.3 Å². The van der Waals surface area contributed by atoms with Gasteiger partial charge in [-0.2, -0.15) is 0 Å². The largest absolute Gasteiger partial charge is 0.507 e. The Bertz CT molecular complexity index is 770. The molecule has 22 heavy (non-hydrogen) atoms. The number of fused-ring (bicyclic) bond motifs is 1. The van der Waals surface area contributed by atoms with E-state index in [1.54, 1.807) is 36.9 Å². The first kappa shape index (κ1) is 16.1. The van der Waals surface area contributed by atoms with E-state index in [0.29, 0.717) is 28.6 Å². The molecule has 2 aromatic rings. The minimum atomic E-state index is -0.187. The minimum Gasteiger partial charge on any atom is -0.507 e. The normalized spacial score (nSPS) is 10.7. The molecule has 0 fully saturated rings. The second-order valence-corrected chi connectivity index (χ2v) is 5.41. The zero-order valence-corrected chi connectivity index (χ0v) is 13.3. The summed E-state index contributed by atoms with van der Waals surface area (Å²) in [5.74, 6) is 0.593. The average Bonchev–Trinajstić information content (AvgIpc) is 2.50. The van der Waals surface area contributed by atoms with E-state index >= 15 is 0 Å². The number of hydrogen-bond acceptors (Lipinski definition) is 4. The van der Waals surface area contributed by atoms with Gasteiger partial charge in [-0.25, -0.2) is 0 Å². The van der Waals surface area contributed by atoms with Crippen LogP contribution in [0, 0.1) is 0 Å². The third-order valence-corrected chi connectivity index (χ3v) is 3.49. The number of hydrogen-bond donors (Lipinski definition) is 1. The quantitative estimate of drug-likeness (QED) is 0.681. The number of rotatable bonds is 5. The first-order chi connectivity index (χ1) is 10.5. The van der Waals surface area contributed by atoms with Crippen molar-refractivity contribution >= 4 is 10.9 Å². The van der Waals surface area contributed by atoms with Gasteiger partial charge in [0.05, 0.1) is 11.1 Å². The highest BCUT2D eigenvalue weighted by atomic mass is 16.7. The van der Waals surface area contributed by atoms with E-state index in [2.05, 4.69) is 0 Å². The lowest BCUT2D eigenvalue weighted by molar-refractivity contribution is 0.0512. The van der Waals surface area contributed by atoms with Crippen LogP contribution in [0.3, 0.4) is 0 Å². The van der Waals surface area contributed by atoms with Crippen LogP contribution in [0.2, 0.25) is 0 Å². The van der Waals surface area contributed by atoms with Gasteiger partial charge in [-0.05, 0) is 38.5 Å². The number of aryl methyl sites for hydroxylation is 1. The molecule has 0 saturated carbocycles. The fraction of sp³-hybridized carbons (Fsp3) is 0.353. The van der Waals surface area contributed by atoms with Crippen molar-refractivity contribution in [3.63, 3.8) is 0 Å². The van der Waals surface area contributed by atoms with E-state index in [-0.39, 0.29) is 18.1 Å². The van der Waals surface area contributed by atoms with Crippen LogP contribution in [0.1, 0.15) is 19.4 Å². The highest BCUT2D eigenvalue weighted by molar-refractivity contribution is 5.87. The van der Waals surface area contributed by atoms with Crippen LogP contribution in [0.15, 0.2) is 34.6 Å². The fourth-order valence-electron chi connectivity index (χ4n) is 2.28. The number of allylic oxidation sites excluding steroid dienone is 2. The summed E-state index contributed by atoms with van der Waals surface area (Å²) < 4.78 is 11.8. The van der Waals surface area contributed by atoms with Crippen LogP contribution >= 0.6 is 0 Å². The lowest BCUT2D eigenvalue weighted by Gasteiger charge is -2.12. The molecule has 0 unspecified atom stereocenters. The standard InChI is InChI=1S/C17H21NO4/c1-11(2)5-7-13-16(19)14-9-12(22-10-21-4)6-8-15(14)18(3)17(13)20/h5-6,8-9,19H,7,10H2,1-4H3. The third kappa shape index (κ3) is 3.14. The molecule has 118 valence electrons. The maximum Gasteiger partial charge on any atom is 0.258 e. The predicted octanol–water partition coefficient (Wildman–Crippen LogP) is 2.74. The molecule has 0 radical (unpaired) electrons. The lowest BCUT2D eigenvalue weighted by Crippen LogP contribution is -2.21. The van der Waals surface area contributed by atoms with E-state index in [1.807, 2.05) is 19.9 Å². The SMILES string of the molecule is COCOc1ccc2c(c1)c(O)c(CC=C(C)C)c(=O)n2C. The Hall–Kier alpha value is -2.27. The van der Waals surface area contributed by atoms with Gasteiger partial charge in [-0.1, -0.05) is 11.6 Å². The molecule has 5 heteroatoms. The molecule has 5 nitrogen and oxygen atoms in total. The zero-order valence-electron chi connectivity index (χ0n) is 13.3. The Morgan fingerprint density at radius 1 is 1.36 bits per heavy atom. The predicted molar refractivity (Wildman–Crippen MR) is 86.5 cm³/mol. The summed E-state index contributed by atoms with van der Waals surface area (Å²) in [6.07, 6.45) is 2.33. The van der Waals surface area contributed by atoms with Crippen molar-refractivity contribution in [1.82, 2.24) is 4.57 Å². The number of pyridine rings is 1. The topological polar surface area (TPSA) is 60.7 Å². The summed E-state index contributed by atoms with van der Waals surface area (Å²) in [7, 11) is 3.24. The van der Waals surface area contributed by atoms with Gasteiger partial charge in [0.2, 0.25) is 0 Å². The van der Waals surface area contributed by atoms with Gasteiger partial charge in [-0.3, -0.25) is 4.79 Å². The fourth-order valence-corrected chi connectivity index (χ4v) is 2.28. The molecule has 0 aliphatic carbocycles. The number of methoxy groups -OCH3 is 1. The van der Waals surface area contributed by atoms with Gasteiger partial charge in [0.1, 0.15) is 11.5 Å². The van der Waals surface area contributed by atoms with E-state index in [4.69, 9.17) is 9.47 Å². The van der Waals surface area contributed by atoms with Crippen molar-refractivity contribution < 1.29 is 14.6 Å². The number of ether oxygens (including phenoxy) is 2. The summed E-state index contributed by atoms with van der Waals surface area (Å²) >= 11 is 0. The molecule has 0 aliphatic rings.